The van der Waals surface area contributed by atoms with Crippen LogP contribution in [0.25, 0.3) is 0 Å². The van der Waals surface area contributed by atoms with E-state index >= 15 is 0 Å². The number of carbonyl (C=O) groups is 1. The Morgan fingerprint density at radius 1 is 1.36 bits per heavy atom. The topological polar surface area (TPSA) is 79.0 Å². The maximum atomic E-state index is 11.1. The van der Waals surface area contributed by atoms with E-state index in [4.69, 9.17) is 4.74 Å². The molecule has 1 aromatic heterocycles. The molecule has 3 unspecified atom stereocenters. The number of hydrogen-bond acceptors (Lipinski definition) is 6. The predicted octanol–water partition coefficient (Wildman–Crippen LogP) is 4.02. The SMILES string of the molecule is CC(=O)OC1CCC(c2cc(Nc3ccc4c(c3)C(C)NS4)n[nH]2)C1. The molecular weight excluding hydrogens is 336 g/mol. The van der Waals surface area contributed by atoms with E-state index in [1.807, 2.05) is 0 Å². The molecular formula is C18H22N4O2S. The summed E-state index contributed by atoms with van der Waals surface area (Å²) in [6, 6.07) is 8.80. The third-order valence-electron chi connectivity index (χ3n) is 4.85. The van der Waals surface area contributed by atoms with Crippen molar-refractivity contribution in [2.24, 2.45) is 0 Å². The summed E-state index contributed by atoms with van der Waals surface area (Å²) >= 11 is 1.68. The summed E-state index contributed by atoms with van der Waals surface area (Å²) in [5.41, 5.74) is 3.45. The smallest absolute Gasteiger partial charge is 0.302 e. The first-order valence-corrected chi connectivity index (χ1v) is 9.46. The number of nitrogens with zero attached hydrogens (tertiary/aromatic N) is 1. The molecule has 1 aliphatic carbocycles. The monoisotopic (exact) mass is 358 g/mol. The molecule has 0 bridgehead atoms. The van der Waals surface area contributed by atoms with Crippen LogP contribution in [0.4, 0.5) is 11.5 Å². The van der Waals surface area contributed by atoms with Gasteiger partial charge < -0.3 is 10.1 Å². The van der Waals surface area contributed by atoms with E-state index in [0.717, 1.165) is 36.5 Å². The molecule has 132 valence electrons. The van der Waals surface area contributed by atoms with Crippen LogP contribution in [0.2, 0.25) is 0 Å². The van der Waals surface area contributed by atoms with Gasteiger partial charge in [-0.25, -0.2) is 0 Å². The highest BCUT2D eigenvalue weighted by molar-refractivity contribution is 7.97. The van der Waals surface area contributed by atoms with Gasteiger partial charge in [-0.1, -0.05) is 0 Å². The summed E-state index contributed by atoms with van der Waals surface area (Å²) < 4.78 is 8.69. The molecule has 0 saturated heterocycles. The molecule has 3 atom stereocenters. The van der Waals surface area contributed by atoms with E-state index < -0.39 is 0 Å². The van der Waals surface area contributed by atoms with E-state index in [-0.39, 0.29) is 12.1 Å². The van der Waals surface area contributed by atoms with Crippen molar-refractivity contribution < 1.29 is 9.53 Å². The molecule has 2 heterocycles. The molecule has 1 fully saturated rings. The number of aromatic nitrogens is 2. The van der Waals surface area contributed by atoms with Crippen molar-refractivity contribution in [1.82, 2.24) is 14.9 Å². The molecule has 6 nitrogen and oxygen atoms in total. The zero-order valence-corrected chi connectivity index (χ0v) is 15.2. The summed E-state index contributed by atoms with van der Waals surface area (Å²) in [5, 5.41) is 10.9. The lowest BCUT2D eigenvalue weighted by atomic mass is 10.0. The molecule has 7 heteroatoms. The van der Waals surface area contributed by atoms with Crippen molar-refractivity contribution in [1.29, 1.82) is 0 Å². The Morgan fingerprint density at radius 2 is 2.24 bits per heavy atom. The van der Waals surface area contributed by atoms with E-state index in [1.54, 1.807) is 11.9 Å². The van der Waals surface area contributed by atoms with Gasteiger partial charge in [0.25, 0.3) is 0 Å². The van der Waals surface area contributed by atoms with Crippen LogP contribution in [0.5, 0.6) is 0 Å². The average Bonchev–Trinajstić information content (AvgIpc) is 3.28. The highest BCUT2D eigenvalue weighted by atomic mass is 32.2. The maximum absolute atomic E-state index is 11.1. The van der Waals surface area contributed by atoms with Crippen molar-refractivity contribution in [3.05, 3.63) is 35.5 Å². The number of H-pyrrole nitrogens is 1. The number of fused-ring (bicyclic) bond motifs is 1. The lowest BCUT2D eigenvalue weighted by Gasteiger charge is -2.10. The lowest BCUT2D eigenvalue weighted by Crippen LogP contribution is -2.12. The van der Waals surface area contributed by atoms with Crippen molar-refractivity contribution in [3.63, 3.8) is 0 Å². The van der Waals surface area contributed by atoms with Crippen molar-refractivity contribution in [3.8, 4) is 0 Å². The molecule has 2 aromatic rings. The van der Waals surface area contributed by atoms with Gasteiger partial charge >= 0.3 is 5.97 Å². The number of hydrogen-bond donors (Lipinski definition) is 3. The van der Waals surface area contributed by atoms with Crippen LogP contribution >= 0.6 is 11.9 Å². The van der Waals surface area contributed by atoms with Crippen molar-refractivity contribution >= 4 is 29.4 Å². The minimum absolute atomic E-state index is 0.0328. The van der Waals surface area contributed by atoms with E-state index in [1.165, 1.54) is 17.4 Å². The van der Waals surface area contributed by atoms with Crippen LogP contribution in [-0.4, -0.2) is 22.3 Å². The van der Waals surface area contributed by atoms with Gasteiger partial charge in [0, 0.05) is 41.2 Å². The molecule has 4 rings (SSSR count). The molecule has 2 aliphatic rings. The fourth-order valence-electron chi connectivity index (χ4n) is 3.59. The zero-order chi connectivity index (χ0) is 17.4. The molecule has 0 spiro atoms. The number of nitrogens with one attached hydrogen (secondary N) is 3. The van der Waals surface area contributed by atoms with Crippen molar-refractivity contribution in [2.45, 2.75) is 56.1 Å². The zero-order valence-electron chi connectivity index (χ0n) is 14.3. The van der Waals surface area contributed by atoms with Crippen LogP contribution in [0.3, 0.4) is 0 Å². The third-order valence-corrected chi connectivity index (χ3v) is 5.91. The Bertz CT molecular complexity index is 791. The summed E-state index contributed by atoms with van der Waals surface area (Å²) in [7, 11) is 0. The summed E-state index contributed by atoms with van der Waals surface area (Å²) in [5.74, 6) is 0.987. The highest BCUT2D eigenvalue weighted by Gasteiger charge is 2.29. The van der Waals surface area contributed by atoms with Crippen LogP contribution in [0, 0.1) is 0 Å². The molecule has 1 aromatic carbocycles. The second-order valence-electron chi connectivity index (χ2n) is 6.77. The average molecular weight is 358 g/mol. The van der Waals surface area contributed by atoms with Crippen molar-refractivity contribution in [2.75, 3.05) is 5.32 Å². The molecule has 0 amide bonds. The first-order valence-electron chi connectivity index (χ1n) is 8.64. The molecule has 0 radical (unpaired) electrons. The number of rotatable bonds is 4. The van der Waals surface area contributed by atoms with Crippen LogP contribution < -0.4 is 10.0 Å². The Labute approximate surface area is 151 Å². The van der Waals surface area contributed by atoms with Crippen LogP contribution in [0.15, 0.2) is 29.2 Å². The minimum atomic E-state index is -0.198. The molecule has 1 saturated carbocycles. The van der Waals surface area contributed by atoms with Gasteiger partial charge in [-0.2, -0.15) is 5.10 Å². The Hall–Kier alpha value is -1.99. The number of carbonyl (C=O) groups excluding carboxylic acids is 1. The van der Waals surface area contributed by atoms with Gasteiger partial charge in [0.2, 0.25) is 0 Å². The summed E-state index contributed by atoms with van der Waals surface area (Å²) in [4.78, 5) is 12.4. The van der Waals surface area contributed by atoms with Gasteiger partial charge in [-0.05, 0) is 61.9 Å². The first kappa shape index (κ1) is 16.5. The fraction of sp³-hybridized carbons (Fsp3) is 0.444. The lowest BCUT2D eigenvalue weighted by molar-refractivity contribution is -0.145. The predicted molar refractivity (Wildman–Crippen MR) is 97.9 cm³/mol. The maximum Gasteiger partial charge on any atom is 0.302 e. The standard InChI is InChI=1S/C18H22N4O2S/c1-10-15-8-13(4-6-17(15)25-22-10)19-18-9-16(20-21-18)12-3-5-14(7-12)24-11(2)23/h4,6,8-10,12,14,22H,3,5,7H2,1-2H3,(H2,19,20,21). The minimum Gasteiger partial charge on any atom is -0.463 e. The molecule has 25 heavy (non-hydrogen) atoms. The van der Waals surface area contributed by atoms with E-state index in [2.05, 4.69) is 51.4 Å². The Morgan fingerprint density at radius 3 is 3.08 bits per heavy atom. The van der Waals surface area contributed by atoms with Gasteiger partial charge in [0.15, 0.2) is 5.82 Å². The van der Waals surface area contributed by atoms with Gasteiger partial charge in [0.05, 0.1) is 0 Å². The van der Waals surface area contributed by atoms with Gasteiger partial charge in [0.1, 0.15) is 6.10 Å². The second-order valence-corrected chi connectivity index (χ2v) is 7.65. The van der Waals surface area contributed by atoms with Crippen LogP contribution in [0.1, 0.15) is 56.3 Å². The second kappa shape index (κ2) is 6.72. The largest absolute Gasteiger partial charge is 0.463 e. The fourth-order valence-corrected chi connectivity index (χ4v) is 4.52. The number of aromatic amines is 1. The van der Waals surface area contributed by atoms with Gasteiger partial charge in [-0.3, -0.25) is 14.6 Å². The normalized spacial score (nSPS) is 25.0. The number of ether oxygens (including phenoxy) is 1. The Kier molecular flexibility index (Phi) is 4.43. The summed E-state index contributed by atoms with van der Waals surface area (Å²) in [6.07, 6.45) is 2.82. The quantitative estimate of drug-likeness (QED) is 0.566. The van der Waals surface area contributed by atoms with E-state index in [9.17, 15) is 4.79 Å². The number of benzene rings is 1. The third kappa shape index (κ3) is 3.52. The summed E-state index contributed by atoms with van der Waals surface area (Å²) in [6.45, 7) is 3.63. The number of esters is 1. The molecule has 3 N–H and O–H groups in total. The highest BCUT2D eigenvalue weighted by Crippen LogP contribution is 2.38. The first-order chi connectivity index (χ1) is 12.1. The van der Waals surface area contributed by atoms with E-state index in [0.29, 0.717) is 12.0 Å². The van der Waals surface area contributed by atoms with Crippen LogP contribution in [-0.2, 0) is 9.53 Å². The molecule has 1 aliphatic heterocycles. The Balaban J connectivity index is 1.42. The van der Waals surface area contributed by atoms with Gasteiger partial charge in [-0.15, -0.1) is 0 Å². The number of anilines is 2.